The molecule has 4 N–H and O–H groups in total. The Balaban J connectivity index is 2.63. The number of hydrogen-bond donors (Lipinski definition) is 3. The van der Waals surface area contributed by atoms with E-state index in [0.717, 1.165) is 0 Å². The predicted molar refractivity (Wildman–Crippen MR) is 67.7 cm³/mol. The third-order valence-electron chi connectivity index (χ3n) is 3.50. The van der Waals surface area contributed by atoms with Crippen LogP contribution in [0.1, 0.15) is 19.8 Å². The van der Waals surface area contributed by atoms with Crippen LogP contribution >= 0.6 is 0 Å². The molecule has 0 aromatic rings. The first kappa shape index (κ1) is 16.4. The van der Waals surface area contributed by atoms with Crippen LogP contribution in [-0.2, 0) is 23.9 Å². The molecule has 2 unspecified atom stereocenters. The minimum atomic E-state index is -1.21. The number of nitrogens with one attached hydrogen (secondary N) is 1. The first-order chi connectivity index (χ1) is 9.31. The number of nitrogens with two attached hydrogens (primary N) is 1. The molecule has 1 aliphatic rings. The zero-order valence-corrected chi connectivity index (χ0v) is 11.5. The van der Waals surface area contributed by atoms with E-state index < -0.39 is 35.3 Å². The Hall–Kier alpha value is -1.67. The summed E-state index contributed by atoms with van der Waals surface area (Å²) in [6, 6.07) is -1.65. The van der Waals surface area contributed by atoms with E-state index in [4.69, 9.17) is 15.6 Å². The fourth-order valence-electron chi connectivity index (χ4n) is 1.87. The van der Waals surface area contributed by atoms with Crippen molar-refractivity contribution in [1.82, 2.24) is 5.32 Å². The number of ether oxygens (including phenoxy) is 2. The molecule has 1 heterocycles. The van der Waals surface area contributed by atoms with Crippen molar-refractivity contribution < 1.29 is 29.0 Å². The van der Waals surface area contributed by atoms with Crippen molar-refractivity contribution in [1.29, 1.82) is 0 Å². The molecule has 114 valence electrons. The number of hydrogen-bond acceptors (Lipinski definition) is 6. The lowest BCUT2D eigenvalue weighted by Crippen LogP contribution is -2.54. The van der Waals surface area contributed by atoms with Gasteiger partial charge in [-0.25, -0.2) is 4.79 Å². The summed E-state index contributed by atoms with van der Waals surface area (Å²) in [5.41, 5.74) is 4.84. The summed E-state index contributed by atoms with van der Waals surface area (Å²) in [6.07, 6.45) is -0.132. The summed E-state index contributed by atoms with van der Waals surface area (Å²) in [4.78, 5) is 34.3. The number of rotatable bonds is 6. The van der Waals surface area contributed by atoms with Crippen molar-refractivity contribution in [3.8, 4) is 0 Å². The fraction of sp³-hybridized carbons (Fsp3) is 0.750. The average molecular weight is 288 g/mol. The highest BCUT2D eigenvalue weighted by Gasteiger charge is 2.45. The van der Waals surface area contributed by atoms with Crippen LogP contribution in [0.3, 0.4) is 0 Å². The molecule has 20 heavy (non-hydrogen) atoms. The van der Waals surface area contributed by atoms with Crippen LogP contribution in [-0.4, -0.2) is 55.4 Å². The standard InChI is InChI=1S/C12H20N2O6/c1-12(6-20-5-8(12)13)11(18)14-7(10(16)17)3-4-9(15)19-2/h7-8H,3-6,13H2,1-2H3,(H,14,18)(H,16,17)/t7-,8?,12?/m0/s1. The van der Waals surface area contributed by atoms with E-state index in [1.807, 2.05) is 0 Å². The monoisotopic (exact) mass is 288 g/mol. The topological polar surface area (TPSA) is 128 Å². The third kappa shape index (κ3) is 3.67. The Labute approximate surface area is 116 Å². The summed E-state index contributed by atoms with van der Waals surface area (Å²) < 4.78 is 9.58. The van der Waals surface area contributed by atoms with Gasteiger partial charge >= 0.3 is 11.9 Å². The Kier molecular flexibility index (Phi) is 5.46. The second-order valence-corrected chi connectivity index (χ2v) is 5.02. The average Bonchev–Trinajstić information content (AvgIpc) is 2.74. The lowest BCUT2D eigenvalue weighted by atomic mass is 9.84. The minimum absolute atomic E-state index is 0.0417. The summed E-state index contributed by atoms with van der Waals surface area (Å²) in [5, 5.41) is 11.5. The van der Waals surface area contributed by atoms with Crippen LogP contribution < -0.4 is 11.1 Å². The SMILES string of the molecule is COC(=O)CC[C@H](NC(=O)C1(C)COCC1N)C(=O)O. The first-order valence-corrected chi connectivity index (χ1v) is 6.25. The molecule has 1 fully saturated rings. The molecule has 3 atom stereocenters. The van der Waals surface area contributed by atoms with Crippen molar-refractivity contribution >= 4 is 17.8 Å². The van der Waals surface area contributed by atoms with E-state index in [1.165, 1.54) is 7.11 Å². The molecule has 0 radical (unpaired) electrons. The quantitative estimate of drug-likeness (QED) is 0.528. The molecule has 0 spiro atoms. The van der Waals surface area contributed by atoms with Crippen LogP contribution in [0.4, 0.5) is 0 Å². The number of carbonyl (C=O) groups excluding carboxylic acids is 2. The molecule has 1 aliphatic heterocycles. The summed E-state index contributed by atoms with van der Waals surface area (Å²) in [5.74, 6) is -2.23. The number of aliphatic carboxylic acids is 1. The maximum absolute atomic E-state index is 12.2. The van der Waals surface area contributed by atoms with Gasteiger partial charge in [-0.3, -0.25) is 9.59 Å². The van der Waals surface area contributed by atoms with Crippen molar-refractivity contribution in [3.05, 3.63) is 0 Å². The Morgan fingerprint density at radius 2 is 2.20 bits per heavy atom. The van der Waals surface area contributed by atoms with Crippen LogP contribution in [0, 0.1) is 5.41 Å². The van der Waals surface area contributed by atoms with E-state index in [0.29, 0.717) is 0 Å². The Bertz CT molecular complexity index is 399. The van der Waals surface area contributed by atoms with E-state index in [-0.39, 0.29) is 26.1 Å². The van der Waals surface area contributed by atoms with Gasteiger partial charge in [-0.05, 0) is 13.3 Å². The van der Waals surface area contributed by atoms with Gasteiger partial charge in [0.25, 0.3) is 0 Å². The van der Waals surface area contributed by atoms with Crippen molar-refractivity contribution in [2.75, 3.05) is 20.3 Å². The van der Waals surface area contributed by atoms with Crippen LogP contribution in [0.5, 0.6) is 0 Å². The largest absolute Gasteiger partial charge is 0.480 e. The maximum atomic E-state index is 12.2. The van der Waals surface area contributed by atoms with Gasteiger partial charge in [0.15, 0.2) is 0 Å². The van der Waals surface area contributed by atoms with Gasteiger partial charge in [-0.2, -0.15) is 0 Å². The van der Waals surface area contributed by atoms with E-state index in [9.17, 15) is 14.4 Å². The van der Waals surface area contributed by atoms with Gasteiger partial charge in [0, 0.05) is 12.5 Å². The third-order valence-corrected chi connectivity index (χ3v) is 3.50. The second kappa shape index (κ2) is 6.67. The Morgan fingerprint density at radius 1 is 1.55 bits per heavy atom. The van der Waals surface area contributed by atoms with E-state index >= 15 is 0 Å². The van der Waals surface area contributed by atoms with Gasteiger partial charge < -0.3 is 25.6 Å². The molecule has 0 bridgehead atoms. The molecule has 1 saturated heterocycles. The smallest absolute Gasteiger partial charge is 0.326 e. The van der Waals surface area contributed by atoms with E-state index in [1.54, 1.807) is 6.92 Å². The van der Waals surface area contributed by atoms with Gasteiger partial charge in [0.2, 0.25) is 5.91 Å². The number of esters is 1. The van der Waals surface area contributed by atoms with Crippen molar-refractivity contribution in [2.24, 2.45) is 11.1 Å². The molecule has 0 aromatic heterocycles. The molecule has 1 amide bonds. The second-order valence-electron chi connectivity index (χ2n) is 5.02. The van der Waals surface area contributed by atoms with E-state index in [2.05, 4.69) is 10.1 Å². The van der Waals surface area contributed by atoms with Crippen molar-refractivity contribution in [3.63, 3.8) is 0 Å². The highest BCUT2D eigenvalue weighted by molar-refractivity contribution is 5.88. The minimum Gasteiger partial charge on any atom is -0.480 e. The molecule has 8 heteroatoms. The summed E-state index contributed by atoms with van der Waals surface area (Å²) >= 11 is 0. The number of carboxylic acid groups (broad SMARTS) is 1. The zero-order chi connectivity index (χ0) is 15.3. The predicted octanol–water partition coefficient (Wildman–Crippen LogP) is -1.13. The van der Waals surface area contributed by atoms with Gasteiger partial charge in [-0.1, -0.05) is 0 Å². The number of carbonyl (C=O) groups is 3. The van der Waals surface area contributed by atoms with Crippen LogP contribution in [0.2, 0.25) is 0 Å². The van der Waals surface area contributed by atoms with Crippen LogP contribution in [0.25, 0.3) is 0 Å². The highest BCUT2D eigenvalue weighted by Crippen LogP contribution is 2.27. The number of amides is 1. The molecule has 1 rings (SSSR count). The maximum Gasteiger partial charge on any atom is 0.326 e. The molecule has 0 saturated carbocycles. The van der Waals surface area contributed by atoms with Gasteiger partial charge in [0.1, 0.15) is 6.04 Å². The molecule has 0 aromatic carbocycles. The summed E-state index contributed by atoms with van der Waals surface area (Å²) in [7, 11) is 1.21. The zero-order valence-electron chi connectivity index (χ0n) is 11.5. The summed E-state index contributed by atoms with van der Waals surface area (Å²) in [6.45, 7) is 2.02. The number of carboxylic acids is 1. The number of methoxy groups -OCH3 is 1. The lowest BCUT2D eigenvalue weighted by molar-refractivity contribution is -0.145. The molecule has 0 aliphatic carbocycles. The lowest BCUT2D eigenvalue weighted by Gasteiger charge is -2.27. The normalized spacial score (nSPS) is 26.9. The first-order valence-electron chi connectivity index (χ1n) is 6.25. The van der Waals surface area contributed by atoms with Crippen LogP contribution in [0.15, 0.2) is 0 Å². The van der Waals surface area contributed by atoms with Crippen molar-refractivity contribution in [2.45, 2.75) is 31.8 Å². The molecule has 8 nitrogen and oxygen atoms in total. The highest BCUT2D eigenvalue weighted by atomic mass is 16.5. The molecular weight excluding hydrogens is 268 g/mol. The van der Waals surface area contributed by atoms with Gasteiger partial charge in [0.05, 0.1) is 25.7 Å². The fourth-order valence-corrected chi connectivity index (χ4v) is 1.87. The van der Waals surface area contributed by atoms with Gasteiger partial charge in [-0.15, -0.1) is 0 Å². The Morgan fingerprint density at radius 3 is 2.65 bits per heavy atom. The molecular formula is C12H20N2O6.